The Morgan fingerprint density at radius 1 is 1.60 bits per heavy atom. The molecule has 2 N–H and O–H groups in total. The summed E-state index contributed by atoms with van der Waals surface area (Å²) < 4.78 is 0. The summed E-state index contributed by atoms with van der Waals surface area (Å²) in [6.07, 6.45) is 5.84. The Morgan fingerprint density at radius 2 is 2.47 bits per heavy atom. The van der Waals surface area contributed by atoms with E-state index in [0.29, 0.717) is 6.04 Å². The van der Waals surface area contributed by atoms with Crippen molar-refractivity contribution in [3.63, 3.8) is 0 Å². The average molecular weight is 221 g/mol. The number of hydrogen-bond donors (Lipinski definition) is 1. The number of nitrogen functional groups attached to an aromatic ring is 1. The standard InChI is InChI=1S/C11H15N3S/c1-14-6-2-3-7-8(14)4-5-9-10(7)13-11(12)15-9/h3,8H,2,4-6H2,1H3,(H2,12,13). The van der Waals surface area contributed by atoms with Gasteiger partial charge in [0.2, 0.25) is 0 Å². The third kappa shape index (κ3) is 1.40. The van der Waals surface area contributed by atoms with Gasteiger partial charge in [-0.25, -0.2) is 4.98 Å². The molecule has 1 aromatic rings. The Hall–Kier alpha value is -0.870. The van der Waals surface area contributed by atoms with E-state index in [2.05, 4.69) is 23.0 Å². The number of fused-ring (bicyclic) bond motifs is 3. The molecule has 1 aliphatic carbocycles. The predicted molar refractivity (Wildman–Crippen MR) is 63.9 cm³/mol. The van der Waals surface area contributed by atoms with Crippen LogP contribution in [-0.2, 0) is 6.42 Å². The van der Waals surface area contributed by atoms with Crippen molar-refractivity contribution in [1.29, 1.82) is 0 Å². The van der Waals surface area contributed by atoms with Crippen LogP contribution >= 0.6 is 11.3 Å². The van der Waals surface area contributed by atoms with Gasteiger partial charge >= 0.3 is 0 Å². The van der Waals surface area contributed by atoms with Gasteiger partial charge in [0.15, 0.2) is 5.13 Å². The van der Waals surface area contributed by atoms with E-state index >= 15 is 0 Å². The molecule has 1 aliphatic heterocycles. The minimum Gasteiger partial charge on any atom is -0.375 e. The van der Waals surface area contributed by atoms with Crippen LogP contribution in [0.4, 0.5) is 5.13 Å². The number of aromatic nitrogens is 1. The van der Waals surface area contributed by atoms with Crippen molar-refractivity contribution in [3.8, 4) is 0 Å². The van der Waals surface area contributed by atoms with E-state index < -0.39 is 0 Å². The highest BCUT2D eigenvalue weighted by Gasteiger charge is 2.31. The minimum atomic E-state index is 0.577. The molecule has 0 saturated carbocycles. The zero-order chi connectivity index (χ0) is 10.4. The Morgan fingerprint density at radius 3 is 3.33 bits per heavy atom. The lowest BCUT2D eigenvalue weighted by Crippen LogP contribution is -2.38. The lowest BCUT2D eigenvalue weighted by molar-refractivity contribution is 0.269. The van der Waals surface area contributed by atoms with Crippen LogP contribution in [0.2, 0.25) is 0 Å². The monoisotopic (exact) mass is 221 g/mol. The quantitative estimate of drug-likeness (QED) is 0.726. The molecular weight excluding hydrogens is 206 g/mol. The summed E-state index contributed by atoms with van der Waals surface area (Å²) in [4.78, 5) is 8.29. The highest BCUT2D eigenvalue weighted by Crippen LogP contribution is 2.38. The molecule has 0 spiro atoms. The van der Waals surface area contributed by atoms with Gasteiger partial charge in [0.25, 0.3) is 0 Å². The van der Waals surface area contributed by atoms with E-state index in [0.717, 1.165) is 18.0 Å². The fourth-order valence-corrected chi connectivity index (χ4v) is 3.49. The molecule has 0 bridgehead atoms. The first-order valence-electron chi connectivity index (χ1n) is 5.41. The first-order valence-corrected chi connectivity index (χ1v) is 6.23. The van der Waals surface area contributed by atoms with Gasteiger partial charge in [-0.05, 0) is 31.9 Å². The van der Waals surface area contributed by atoms with Crippen LogP contribution in [0.25, 0.3) is 5.57 Å². The SMILES string of the molecule is CN1CCC=C2c3nc(N)sc3CCC21. The first-order chi connectivity index (χ1) is 7.25. The second-order valence-electron chi connectivity index (χ2n) is 4.31. The molecule has 3 rings (SSSR count). The van der Waals surface area contributed by atoms with Gasteiger partial charge in [-0.3, -0.25) is 4.90 Å². The Kier molecular flexibility index (Phi) is 2.07. The van der Waals surface area contributed by atoms with Crippen molar-refractivity contribution in [2.75, 3.05) is 19.3 Å². The van der Waals surface area contributed by atoms with Gasteiger partial charge in [0.05, 0.1) is 5.69 Å². The predicted octanol–water partition coefficient (Wildman–Crippen LogP) is 1.76. The maximum Gasteiger partial charge on any atom is 0.180 e. The van der Waals surface area contributed by atoms with Crippen LogP contribution in [0.5, 0.6) is 0 Å². The highest BCUT2D eigenvalue weighted by atomic mass is 32.1. The number of thiazole rings is 1. The van der Waals surface area contributed by atoms with Gasteiger partial charge in [0.1, 0.15) is 0 Å². The number of anilines is 1. The molecule has 4 heteroatoms. The fraction of sp³-hybridized carbons (Fsp3) is 0.545. The van der Waals surface area contributed by atoms with Crippen LogP contribution in [0.3, 0.4) is 0 Å². The molecule has 15 heavy (non-hydrogen) atoms. The second-order valence-corrected chi connectivity index (χ2v) is 5.42. The van der Waals surface area contributed by atoms with Crippen molar-refractivity contribution >= 4 is 22.0 Å². The molecule has 2 heterocycles. The second kappa shape index (κ2) is 3.32. The van der Waals surface area contributed by atoms with Crippen LogP contribution in [0, 0.1) is 0 Å². The number of likely N-dealkylation sites (N-methyl/N-ethyl adjacent to an activating group) is 1. The molecule has 1 unspecified atom stereocenters. The van der Waals surface area contributed by atoms with Gasteiger partial charge in [0, 0.05) is 17.5 Å². The van der Waals surface area contributed by atoms with Crippen LogP contribution in [-0.4, -0.2) is 29.5 Å². The van der Waals surface area contributed by atoms with Crippen LogP contribution < -0.4 is 5.73 Å². The van der Waals surface area contributed by atoms with Crippen molar-refractivity contribution < 1.29 is 0 Å². The van der Waals surface area contributed by atoms with E-state index in [1.54, 1.807) is 11.3 Å². The summed E-state index contributed by atoms with van der Waals surface area (Å²) >= 11 is 1.65. The molecule has 0 radical (unpaired) electrons. The van der Waals surface area contributed by atoms with E-state index in [1.165, 1.54) is 29.1 Å². The molecule has 0 amide bonds. The van der Waals surface area contributed by atoms with Crippen molar-refractivity contribution in [2.24, 2.45) is 0 Å². The number of aryl methyl sites for hydroxylation is 1. The lowest BCUT2D eigenvalue weighted by atomic mass is 9.88. The molecular formula is C11H15N3S. The normalized spacial score (nSPS) is 25.7. The molecule has 0 fully saturated rings. The summed E-state index contributed by atoms with van der Waals surface area (Å²) in [5, 5.41) is 0.717. The molecule has 0 aromatic carbocycles. The van der Waals surface area contributed by atoms with Crippen LogP contribution in [0.1, 0.15) is 23.4 Å². The van der Waals surface area contributed by atoms with Crippen molar-refractivity contribution in [3.05, 3.63) is 16.6 Å². The molecule has 2 aliphatic rings. The van der Waals surface area contributed by atoms with E-state index in [1.807, 2.05) is 0 Å². The fourth-order valence-electron chi connectivity index (χ4n) is 2.62. The summed E-state index contributed by atoms with van der Waals surface area (Å²) in [5.41, 5.74) is 8.38. The van der Waals surface area contributed by atoms with Gasteiger partial charge in [-0.1, -0.05) is 6.08 Å². The number of nitrogens with zero attached hydrogens (tertiary/aromatic N) is 2. The number of nitrogens with two attached hydrogens (primary N) is 1. The van der Waals surface area contributed by atoms with E-state index in [4.69, 9.17) is 5.73 Å². The Labute approximate surface area is 93.6 Å². The van der Waals surface area contributed by atoms with Gasteiger partial charge < -0.3 is 5.73 Å². The zero-order valence-electron chi connectivity index (χ0n) is 8.86. The average Bonchev–Trinajstić information content (AvgIpc) is 2.59. The Balaban J connectivity index is 2.08. The summed E-state index contributed by atoms with van der Waals surface area (Å²) in [6, 6.07) is 0.577. The van der Waals surface area contributed by atoms with Gasteiger partial charge in [-0.2, -0.15) is 0 Å². The Bertz CT molecular complexity index is 421. The van der Waals surface area contributed by atoms with Crippen LogP contribution in [0.15, 0.2) is 6.08 Å². The third-order valence-electron chi connectivity index (χ3n) is 3.37. The highest BCUT2D eigenvalue weighted by molar-refractivity contribution is 7.15. The van der Waals surface area contributed by atoms with E-state index in [-0.39, 0.29) is 0 Å². The first kappa shape index (κ1) is 9.36. The lowest BCUT2D eigenvalue weighted by Gasteiger charge is -2.35. The zero-order valence-corrected chi connectivity index (χ0v) is 9.68. The largest absolute Gasteiger partial charge is 0.375 e. The molecule has 80 valence electrons. The molecule has 3 nitrogen and oxygen atoms in total. The van der Waals surface area contributed by atoms with Crippen molar-refractivity contribution in [2.45, 2.75) is 25.3 Å². The topological polar surface area (TPSA) is 42.2 Å². The van der Waals surface area contributed by atoms with E-state index in [9.17, 15) is 0 Å². The maximum absolute atomic E-state index is 5.78. The molecule has 0 saturated heterocycles. The number of rotatable bonds is 0. The minimum absolute atomic E-state index is 0.577. The number of hydrogen-bond acceptors (Lipinski definition) is 4. The summed E-state index contributed by atoms with van der Waals surface area (Å²) in [5.74, 6) is 0. The smallest absolute Gasteiger partial charge is 0.180 e. The molecule has 1 aromatic heterocycles. The summed E-state index contributed by atoms with van der Waals surface area (Å²) in [7, 11) is 2.21. The third-order valence-corrected chi connectivity index (χ3v) is 4.31. The summed E-state index contributed by atoms with van der Waals surface area (Å²) in [6.45, 7) is 1.17. The van der Waals surface area contributed by atoms with Crippen molar-refractivity contribution in [1.82, 2.24) is 9.88 Å². The molecule has 1 atom stereocenters. The van der Waals surface area contributed by atoms with Gasteiger partial charge in [-0.15, -0.1) is 11.3 Å². The maximum atomic E-state index is 5.78.